The maximum Gasteiger partial charge on any atom is 0.0724 e. The van der Waals surface area contributed by atoms with Crippen LogP contribution in [-0.4, -0.2) is 11.5 Å². The molecule has 1 aliphatic carbocycles. The van der Waals surface area contributed by atoms with Gasteiger partial charge in [-0.15, -0.1) is 0 Å². The molecule has 1 aromatic heterocycles. The van der Waals surface area contributed by atoms with Crippen molar-refractivity contribution in [3.05, 3.63) is 30.5 Å². The normalized spacial score (nSPS) is 18.1. The fourth-order valence-corrected chi connectivity index (χ4v) is 3.22. The Kier molecular flexibility index (Phi) is 3.51. The van der Waals surface area contributed by atoms with Crippen LogP contribution in [0.5, 0.6) is 0 Å². The highest BCUT2D eigenvalue weighted by molar-refractivity contribution is 5.96. The number of pyridine rings is 1. The molecule has 3 N–H and O–H groups in total. The Morgan fingerprint density at radius 1 is 1.20 bits per heavy atom. The Balaban J connectivity index is 1.79. The van der Waals surface area contributed by atoms with Gasteiger partial charge in [-0.2, -0.15) is 0 Å². The van der Waals surface area contributed by atoms with E-state index in [0.717, 1.165) is 28.8 Å². The minimum atomic E-state index is 0.411. The minimum Gasteiger partial charge on any atom is -0.397 e. The van der Waals surface area contributed by atoms with Crippen LogP contribution in [0.3, 0.4) is 0 Å². The Morgan fingerprint density at radius 2 is 2.00 bits per heavy atom. The first-order chi connectivity index (χ1) is 9.68. The molecule has 0 bridgehead atoms. The number of hydrogen-bond donors (Lipinski definition) is 2. The molecule has 0 atom stereocenters. The summed E-state index contributed by atoms with van der Waals surface area (Å²) in [6, 6.07) is 8.06. The zero-order valence-electron chi connectivity index (χ0n) is 12.2. The number of nitrogens with two attached hydrogens (primary N) is 1. The third-order valence-electron chi connectivity index (χ3n) is 4.59. The Bertz CT molecular complexity index is 600. The van der Waals surface area contributed by atoms with Crippen LogP contribution in [0.4, 0.5) is 11.4 Å². The maximum absolute atomic E-state index is 6.28. The van der Waals surface area contributed by atoms with Gasteiger partial charge in [-0.1, -0.05) is 26.2 Å². The van der Waals surface area contributed by atoms with Crippen molar-refractivity contribution in [2.45, 2.75) is 39.0 Å². The summed E-state index contributed by atoms with van der Waals surface area (Å²) in [4.78, 5) is 4.34. The molecule has 2 aromatic rings. The molecule has 20 heavy (non-hydrogen) atoms. The summed E-state index contributed by atoms with van der Waals surface area (Å²) < 4.78 is 0. The van der Waals surface area contributed by atoms with Crippen LogP contribution in [0, 0.1) is 5.41 Å². The van der Waals surface area contributed by atoms with Gasteiger partial charge in [-0.3, -0.25) is 4.98 Å². The van der Waals surface area contributed by atoms with Crippen molar-refractivity contribution in [3.8, 4) is 0 Å². The molecule has 0 radical (unpaired) electrons. The summed E-state index contributed by atoms with van der Waals surface area (Å²) >= 11 is 0. The van der Waals surface area contributed by atoms with Gasteiger partial charge in [-0.25, -0.2) is 0 Å². The standard InChI is InChI=1S/C17H23N3/c1-17(9-3-2-4-10-17)12-20-15-8-7-14-13(16(15)18)6-5-11-19-14/h5-8,11,20H,2-4,9-10,12,18H2,1H3. The first-order valence-corrected chi connectivity index (χ1v) is 7.55. The number of aromatic nitrogens is 1. The highest BCUT2D eigenvalue weighted by atomic mass is 14.9. The molecule has 3 rings (SSSR count). The Morgan fingerprint density at radius 3 is 2.80 bits per heavy atom. The SMILES string of the molecule is CC1(CNc2ccc3ncccc3c2N)CCCCC1. The lowest BCUT2D eigenvalue weighted by atomic mass is 9.75. The zero-order valence-corrected chi connectivity index (χ0v) is 12.2. The maximum atomic E-state index is 6.28. The van der Waals surface area contributed by atoms with E-state index in [1.807, 2.05) is 18.2 Å². The molecule has 106 valence electrons. The fraction of sp³-hybridized carbons (Fsp3) is 0.471. The lowest BCUT2D eigenvalue weighted by Gasteiger charge is -2.34. The number of nitrogen functional groups attached to an aromatic ring is 1. The minimum absolute atomic E-state index is 0.411. The molecule has 1 fully saturated rings. The highest BCUT2D eigenvalue weighted by Crippen LogP contribution is 2.36. The van der Waals surface area contributed by atoms with E-state index < -0.39 is 0 Å². The summed E-state index contributed by atoms with van der Waals surface area (Å²) in [5.74, 6) is 0. The molecule has 0 amide bonds. The van der Waals surface area contributed by atoms with E-state index in [1.54, 1.807) is 6.20 Å². The quantitative estimate of drug-likeness (QED) is 0.821. The average Bonchev–Trinajstić information content (AvgIpc) is 2.48. The molecule has 3 nitrogen and oxygen atoms in total. The van der Waals surface area contributed by atoms with Gasteiger partial charge in [-0.05, 0) is 42.5 Å². The molecule has 1 aromatic carbocycles. The van der Waals surface area contributed by atoms with Crippen molar-refractivity contribution < 1.29 is 0 Å². The zero-order chi connectivity index (χ0) is 14.0. The summed E-state index contributed by atoms with van der Waals surface area (Å²) in [5, 5.41) is 4.60. The van der Waals surface area contributed by atoms with E-state index in [1.165, 1.54) is 32.1 Å². The van der Waals surface area contributed by atoms with E-state index in [9.17, 15) is 0 Å². The number of anilines is 2. The molecular formula is C17H23N3. The number of nitrogens with zero attached hydrogens (tertiary/aromatic N) is 1. The van der Waals surface area contributed by atoms with Crippen LogP contribution >= 0.6 is 0 Å². The largest absolute Gasteiger partial charge is 0.397 e. The summed E-state index contributed by atoms with van der Waals surface area (Å²) in [6.45, 7) is 3.39. The van der Waals surface area contributed by atoms with E-state index >= 15 is 0 Å². The monoisotopic (exact) mass is 269 g/mol. The molecule has 0 spiro atoms. The molecule has 3 heteroatoms. The molecule has 1 saturated carbocycles. The number of benzene rings is 1. The second-order valence-electron chi connectivity index (χ2n) is 6.32. The second kappa shape index (κ2) is 5.31. The molecule has 0 saturated heterocycles. The molecule has 0 unspecified atom stereocenters. The average molecular weight is 269 g/mol. The topological polar surface area (TPSA) is 50.9 Å². The van der Waals surface area contributed by atoms with Crippen molar-refractivity contribution in [1.82, 2.24) is 4.98 Å². The first-order valence-electron chi connectivity index (χ1n) is 7.55. The van der Waals surface area contributed by atoms with Gasteiger partial charge in [0.2, 0.25) is 0 Å². The van der Waals surface area contributed by atoms with E-state index in [0.29, 0.717) is 5.41 Å². The molecular weight excluding hydrogens is 246 g/mol. The number of nitrogens with one attached hydrogen (secondary N) is 1. The Labute approximate surface area is 120 Å². The van der Waals surface area contributed by atoms with Gasteiger partial charge < -0.3 is 11.1 Å². The van der Waals surface area contributed by atoms with E-state index in [-0.39, 0.29) is 0 Å². The predicted molar refractivity (Wildman–Crippen MR) is 85.8 cm³/mol. The summed E-state index contributed by atoms with van der Waals surface area (Å²) in [5.41, 5.74) is 9.50. The lowest BCUT2D eigenvalue weighted by Crippen LogP contribution is -2.29. The van der Waals surface area contributed by atoms with Gasteiger partial charge in [0.05, 0.1) is 16.9 Å². The van der Waals surface area contributed by atoms with Gasteiger partial charge >= 0.3 is 0 Å². The van der Waals surface area contributed by atoms with E-state index in [2.05, 4.69) is 23.3 Å². The third-order valence-corrected chi connectivity index (χ3v) is 4.59. The van der Waals surface area contributed by atoms with Crippen LogP contribution in [-0.2, 0) is 0 Å². The molecule has 1 aliphatic rings. The van der Waals surface area contributed by atoms with Crippen molar-refractivity contribution in [1.29, 1.82) is 0 Å². The van der Waals surface area contributed by atoms with Crippen LogP contribution in [0.25, 0.3) is 10.9 Å². The summed E-state index contributed by atoms with van der Waals surface area (Å²) in [6.07, 6.45) is 8.53. The van der Waals surface area contributed by atoms with E-state index in [4.69, 9.17) is 5.73 Å². The first kappa shape index (κ1) is 13.2. The van der Waals surface area contributed by atoms with Gasteiger partial charge in [0, 0.05) is 18.1 Å². The van der Waals surface area contributed by atoms with Crippen molar-refractivity contribution in [2.75, 3.05) is 17.6 Å². The summed E-state index contributed by atoms with van der Waals surface area (Å²) in [7, 11) is 0. The van der Waals surface area contributed by atoms with Crippen LogP contribution in [0.1, 0.15) is 39.0 Å². The number of rotatable bonds is 3. The predicted octanol–water partition coefficient (Wildman–Crippen LogP) is 4.20. The van der Waals surface area contributed by atoms with Crippen molar-refractivity contribution in [2.24, 2.45) is 5.41 Å². The lowest BCUT2D eigenvalue weighted by molar-refractivity contribution is 0.233. The van der Waals surface area contributed by atoms with Crippen molar-refractivity contribution in [3.63, 3.8) is 0 Å². The Hall–Kier alpha value is -1.77. The molecule has 1 heterocycles. The van der Waals surface area contributed by atoms with Crippen LogP contribution < -0.4 is 11.1 Å². The molecule has 0 aliphatic heterocycles. The van der Waals surface area contributed by atoms with Crippen molar-refractivity contribution >= 4 is 22.3 Å². The number of hydrogen-bond acceptors (Lipinski definition) is 3. The fourth-order valence-electron chi connectivity index (χ4n) is 3.22. The van der Waals surface area contributed by atoms with Gasteiger partial charge in [0.25, 0.3) is 0 Å². The highest BCUT2D eigenvalue weighted by Gasteiger charge is 2.26. The van der Waals surface area contributed by atoms with Gasteiger partial charge in [0.1, 0.15) is 0 Å². The van der Waals surface area contributed by atoms with Crippen LogP contribution in [0.2, 0.25) is 0 Å². The van der Waals surface area contributed by atoms with Crippen LogP contribution in [0.15, 0.2) is 30.5 Å². The van der Waals surface area contributed by atoms with Gasteiger partial charge in [0.15, 0.2) is 0 Å². The smallest absolute Gasteiger partial charge is 0.0724 e. The second-order valence-corrected chi connectivity index (χ2v) is 6.32. The third kappa shape index (κ3) is 2.58. The number of fused-ring (bicyclic) bond motifs is 1.